The second kappa shape index (κ2) is 11.6. The van der Waals surface area contributed by atoms with Gasteiger partial charge in [-0.25, -0.2) is 9.59 Å². The van der Waals surface area contributed by atoms with Crippen LogP contribution in [-0.4, -0.2) is 71.8 Å². The van der Waals surface area contributed by atoms with E-state index in [0.717, 1.165) is 20.9 Å². The number of rotatable bonds is 10. The molecule has 11 nitrogen and oxygen atoms in total. The normalized spacial score (nSPS) is 20.2. The Labute approximate surface area is 212 Å². The van der Waals surface area contributed by atoms with Gasteiger partial charge in [0.25, 0.3) is 0 Å². The summed E-state index contributed by atoms with van der Waals surface area (Å²) in [4.78, 5) is 76.3. The lowest BCUT2D eigenvalue weighted by Gasteiger charge is -2.31. The molecule has 0 aliphatic carbocycles. The van der Waals surface area contributed by atoms with Gasteiger partial charge < -0.3 is 4.74 Å². The molecule has 2 aliphatic heterocycles. The number of urea groups is 2. The molecule has 0 saturated carbocycles. The number of nitrogens with zero attached hydrogens (tertiary/aromatic N) is 2. The third-order valence-electron chi connectivity index (χ3n) is 6.20. The number of hydrogen-bond acceptors (Lipinski definition) is 7. The molecule has 11 heteroatoms. The van der Waals surface area contributed by atoms with Crippen molar-refractivity contribution in [2.45, 2.75) is 12.8 Å². The Morgan fingerprint density at radius 2 is 0.973 bits per heavy atom. The summed E-state index contributed by atoms with van der Waals surface area (Å²) in [6, 6.07) is 16.3. The minimum absolute atomic E-state index is 0.0680. The number of carbonyl (C=O) groups is 6. The smallest absolute Gasteiger partial charge is 0.330 e. The van der Waals surface area contributed by atoms with Gasteiger partial charge in [-0.1, -0.05) is 60.7 Å². The van der Waals surface area contributed by atoms with Crippen molar-refractivity contribution < 1.29 is 33.5 Å². The molecule has 2 unspecified atom stereocenters. The maximum Gasteiger partial charge on any atom is 0.330 e. The molecular weight excluding hydrogens is 480 g/mol. The molecule has 0 aromatic heterocycles. The first kappa shape index (κ1) is 25.7. The van der Waals surface area contributed by atoms with Crippen LogP contribution in [0.5, 0.6) is 0 Å². The second-order valence-electron chi connectivity index (χ2n) is 8.67. The summed E-state index contributed by atoms with van der Waals surface area (Å²) in [5.41, 5.74) is 1.57. The molecular formula is C26H26N4O7. The highest BCUT2D eigenvalue weighted by molar-refractivity contribution is 6.17. The van der Waals surface area contributed by atoms with Gasteiger partial charge in [-0.15, -0.1) is 0 Å². The molecule has 2 atom stereocenters. The molecule has 2 N–H and O–H groups in total. The number of benzene rings is 2. The van der Waals surface area contributed by atoms with Crippen LogP contribution in [0, 0.1) is 11.8 Å². The van der Waals surface area contributed by atoms with E-state index in [-0.39, 0.29) is 39.1 Å². The molecule has 0 spiro atoms. The lowest BCUT2D eigenvalue weighted by molar-refractivity contribution is -0.144. The zero-order valence-corrected chi connectivity index (χ0v) is 19.9. The standard InChI is InChI=1S/C26H26N4O7/c31-21-19(15-17-7-3-1-4-8-17)23(33)29(25(35)27-21)11-13-37-14-12-30-24(34)20(22(32)28-26(30)36)16-18-9-5-2-6-10-18/h1-10,19-20H,11-16H2,(H,27,31,35)(H,28,32,36). The molecule has 192 valence electrons. The number of amides is 8. The highest BCUT2D eigenvalue weighted by Crippen LogP contribution is 2.18. The van der Waals surface area contributed by atoms with Gasteiger partial charge in [0.05, 0.1) is 26.3 Å². The van der Waals surface area contributed by atoms with E-state index in [4.69, 9.17) is 4.74 Å². The molecule has 0 radical (unpaired) electrons. The number of ether oxygens (including phenoxy) is 1. The minimum Gasteiger partial charge on any atom is -0.378 e. The Hall–Kier alpha value is -4.38. The molecule has 2 heterocycles. The molecule has 2 aromatic carbocycles. The summed E-state index contributed by atoms with van der Waals surface area (Å²) in [5.74, 6) is -4.60. The van der Waals surface area contributed by atoms with E-state index in [1.807, 2.05) is 12.1 Å². The van der Waals surface area contributed by atoms with Crippen LogP contribution in [0.3, 0.4) is 0 Å². The van der Waals surface area contributed by atoms with Crippen LogP contribution in [0.2, 0.25) is 0 Å². The van der Waals surface area contributed by atoms with E-state index in [2.05, 4.69) is 10.6 Å². The van der Waals surface area contributed by atoms with Gasteiger partial charge in [-0.05, 0) is 24.0 Å². The molecule has 8 amide bonds. The number of imide groups is 4. The van der Waals surface area contributed by atoms with Crippen molar-refractivity contribution in [3.63, 3.8) is 0 Å². The molecule has 37 heavy (non-hydrogen) atoms. The van der Waals surface area contributed by atoms with Gasteiger partial charge in [-0.3, -0.25) is 39.6 Å². The molecule has 2 fully saturated rings. The van der Waals surface area contributed by atoms with Gasteiger partial charge in [-0.2, -0.15) is 0 Å². The van der Waals surface area contributed by atoms with Crippen LogP contribution >= 0.6 is 0 Å². The third-order valence-corrected chi connectivity index (χ3v) is 6.20. The van der Waals surface area contributed by atoms with Crippen molar-refractivity contribution in [1.82, 2.24) is 20.4 Å². The lowest BCUT2D eigenvalue weighted by atomic mass is 9.95. The summed E-state index contributed by atoms with van der Waals surface area (Å²) in [5, 5.41) is 4.39. The predicted molar refractivity (Wildman–Crippen MR) is 129 cm³/mol. The first-order valence-corrected chi connectivity index (χ1v) is 11.8. The quantitative estimate of drug-likeness (QED) is 0.360. The van der Waals surface area contributed by atoms with Crippen molar-refractivity contribution in [1.29, 1.82) is 0 Å². The lowest BCUT2D eigenvalue weighted by Crippen LogP contribution is -2.59. The molecule has 2 saturated heterocycles. The average molecular weight is 507 g/mol. The average Bonchev–Trinajstić information content (AvgIpc) is 2.88. The van der Waals surface area contributed by atoms with Crippen LogP contribution < -0.4 is 10.6 Å². The maximum absolute atomic E-state index is 12.8. The summed E-state index contributed by atoms with van der Waals surface area (Å²) < 4.78 is 5.48. The van der Waals surface area contributed by atoms with E-state index < -0.39 is 47.5 Å². The van der Waals surface area contributed by atoms with Gasteiger partial charge in [0, 0.05) is 0 Å². The Balaban J connectivity index is 1.27. The van der Waals surface area contributed by atoms with Crippen molar-refractivity contribution in [2.24, 2.45) is 11.8 Å². The minimum atomic E-state index is -1.03. The van der Waals surface area contributed by atoms with Crippen molar-refractivity contribution in [2.75, 3.05) is 26.3 Å². The Kier molecular flexibility index (Phi) is 8.04. The van der Waals surface area contributed by atoms with Gasteiger partial charge in [0.15, 0.2) is 0 Å². The molecule has 2 aromatic rings. The van der Waals surface area contributed by atoms with E-state index in [1.165, 1.54) is 0 Å². The number of nitrogens with one attached hydrogen (secondary N) is 2. The van der Waals surface area contributed by atoms with Crippen LogP contribution in [0.15, 0.2) is 60.7 Å². The topological polar surface area (TPSA) is 142 Å². The molecule has 4 rings (SSSR count). The highest BCUT2D eigenvalue weighted by atomic mass is 16.5. The molecule has 2 aliphatic rings. The van der Waals surface area contributed by atoms with Crippen LogP contribution in [0.1, 0.15) is 11.1 Å². The molecule has 0 bridgehead atoms. The largest absolute Gasteiger partial charge is 0.378 e. The Bertz CT molecular complexity index is 1110. The summed E-state index contributed by atoms with van der Waals surface area (Å²) in [7, 11) is 0. The maximum atomic E-state index is 12.8. The van der Waals surface area contributed by atoms with Gasteiger partial charge in [0.1, 0.15) is 11.8 Å². The van der Waals surface area contributed by atoms with Crippen LogP contribution in [0.4, 0.5) is 9.59 Å². The van der Waals surface area contributed by atoms with Crippen molar-refractivity contribution in [3.8, 4) is 0 Å². The number of hydrogen-bond donors (Lipinski definition) is 2. The van der Waals surface area contributed by atoms with Crippen LogP contribution in [0.25, 0.3) is 0 Å². The zero-order chi connectivity index (χ0) is 26.4. The first-order valence-electron chi connectivity index (χ1n) is 11.8. The Morgan fingerprint density at radius 1 is 0.595 bits per heavy atom. The fourth-order valence-electron chi connectivity index (χ4n) is 4.22. The van der Waals surface area contributed by atoms with Crippen molar-refractivity contribution in [3.05, 3.63) is 71.8 Å². The van der Waals surface area contributed by atoms with E-state index in [9.17, 15) is 28.8 Å². The predicted octanol–water partition coefficient (Wildman–Crippen LogP) is 0.878. The van der Waals surface area contributed by atoms with Crippen LogP contribution in [-0.2, 0) is 36.8 Å². The van der Waals surface area contributed by atoms with E-state index in [1.54, 1.807) is 48.5 Å². The zero-order valence-electron chi connectivity index (χ0n) is 19.9. The fraction of sp³-hybridized carbons (Fsp3) is 0.308. The van der Waals surface area contributed by atoms with E-state index >= 15 is 0 Å². The summed E-state index contributed by atoms with van der Waals surface area (Å²) in [6.07, 6.45) is 0.316. The number of carbonyl (C=O) groups excluding carboxylic acids is 6. The number of barbiturate groups is 2. The van der Waals surface area contributed by atoms with E-state index in [0.29, 0.717) is 0 Å². The SMILES string of the molecule is O=C1NC(=O)N(CCOCCN2C(=O)NC(=O)C(Cc3ccccc3)C2=O)C(=O)C1Cc1ccccc1. The second-order valence-corrected chi connectivity index (χ2v) is 8.67. The summed E-state index contributed by atoms with van der Waals surface area (Å²) in [6.45, 7) is -0.361. The highest BCUT2D eigenvalue weighted by Gasteiger charge is 2.41. The van der Waals surface area contributed by atoms with Gasteiger partial charge in [0.2, 0.25) is 23.6 Å². The van der Waals surface area contributed by atoms with Crippen molar-refractivity contribution >= 4 is 35.7 Å². The summed E-state index contributed by atoms with van der Waals surface area (Å²) >= 11 is 0. The Morgan fingerprint density at radius 3 is 1.35 bits per heavy atom. The third kappa shape index (κ3) is 6.07. The fourth-order valence-corrected chi connectivity index (χ4v) is 4.22. The monoisotopic (exact) mass is 506 g/mol. The first-order chi connectivity index (χ1) is 17.8. The van der Waals surface area contributed by atoms with Gasteiger partial charge >= 0.3 is 12.1 Å².